The molecule has 138 valence electrons. The molecule has 0 aromatic rings. The summed E-state index contributed by atoms with van der Waals surface area (Å²) in [7, 11) is 0. The number of hydrogen-bond acceptors (Lipinski definition) is 5. The number of thioether (sulfide) groups is 2. The summed E-state index contributed by atoms with van der Waals surface area (Å²) >= 11 is 2.71. The molecule has 24 heavy (non-hydrogen) atoms. The van der Waals surface area contributed by atoms with E-state index in [-0.39, 0.29) is 6.10 Å². The summed E-state index contributed by atoms with van der Waals surface area (Å²) in [4.78, 5) is 0. The second-order valence-electron chi connectivity index (χ2n) is 6.65. The van der Waals surface area contributed by atoms with Crippen molar-refractivity contribution in [2.45, 2.75) is 90.1 Å². The molecule has 0 saturated carbocycles. The standard InChI is InChI=1S/C19H34N2OS2/c1-18(15-24-17-21)11-7-4-5-9-13-19(22)12-8-3-2-6-10-14-23-16-20/h18-19,22H,2-15H2,1H3. The Morgan fingerprint density at radius 3 is 1.83 bits per heavy atom. The molecule has 0 aromatic heterocycles. The SMILES string of the molecule is CC(CCCCCCC(O)CCCCCCCSC#N)CSC#N. The molecule has 0 radical (unpaired) electrons. The lowest BCUT2D eigenvalue weighted by Gasteiger charge is -2.11. The number of nitrogens with zero attached hydrogens (tertiary/aromatic N) is 2. The van der Waals surface area contributed by atoms with Crippen LogP contribution in [0.2, 0.25) is 0 Å². The zero-order valence-electron chi connectivity index (χ0n) is 15.2. The summed E-state index contributed by atoms with van der Waals surface area (Å²) in [6, 6.07) is 0. The number of unbranched alkanes of at least 4 members (excludes halogenated alkanes) is 7. The van der Waals surface area contributed by atoms with Crippen molar-refractivity contribution in [3.05, 3.63) is 0 Å². The van der Waals surface area contributed by atoms with E-state index in [1.54, 1.807) is 0 Å². The van der Waals surface area contributed by atoms with Gasteiger partial charge in [-0.05, 0) is 55.1 Å². The maximum atomic E-state index is 9.99. The minimum Gasteiger partial charge on any atom is -0.393 e. The molecule has 1 N–H and O–H groups in total. The molecule has 0 aliphatic carbocycles. The Hall–Kier alpha value is -0.360. The van der Waals surface area contributed by atoms with E-state index in [1.807, 2.05) is 0 Å². The largest absolute Gasteiger partial charge is 0.393 e. The maximum absolute atomic E-state index is 9.99. The van der Waals surface area contributed by atoms with Gasteiger partial charge in [-0.2, -0.15) is 10.5 Å². The van der Waals surface area contributed by atoms with Crippen molar-refractivity contribution >= 4 is 23.5 Å². The van der Waals surface area contributed by atoms with Gasteiger partial charge in [0.05, 0.1) is 6.10 Å². The Balaban J connectivity index is 3.25. The normalized spacial score (nSPS) is 13.2. The molecule has 0 bridgehead atoms. The smallest absolute Gasteiger partial charge is 0.133 e. The zero-order valence-corrected chi connectivity index (χ0v) is 16.8. The molecule has 0 aromatic carbocycles. The molecule has 2 atom stereocenters. The van der Waals surface area contributed by atoms with Crippen molar-refractivity contribution in [1.29, 1.82) is 10.5 Å². The molecule has 0 saturated heterocycles. The molecular formula is C19H34N2OS2. The fraction of sp³-hybridized carbons (Fsp3) is 0.895. The van der Waals surface area contributed by atoms with E-state index in [9.17, 15) is 5.11 Å². The monoisotopic (exact) mass is 370 g/mol. The highest BCUT2D eigenvalue weighted by atomic mass is 32.2. The predicted octanol–water partition coefficient (Wildman–Crippen LogP) is 6.09. The van der Waals surface area contributed by atoms with Crippen LogP contribution in [0.25, 0.3) is 0 Å². The lowest BCUT2D eigenvalue weighted by Crippen LogP contribution is -2.06. The van der Waals surface area contributed by atoms with Crippen LogP contribution in [0.15, 0.2) is 0 Å². The van der Waals surface area contributed by atoms with Crippen LogP contribution in [-0.2, 0) is 0 Å². The van der Waals surface area contributed by atoms with E-state index in [4.69, 9.17) is 10.5 Å². The number of thiocyanates is 2. The van der Waals surface area contributed by atoms with Gasteiger partial charge in [-0.15, -0.1) is 0 Å². The molecule has 0 rings (SSSR count). The van der Waals surface area contributed by atoms with Crippen LogP contribution >= 0.6 is 23.5 Å². The number of nitriles is 2. The van der Waals surface area contributed by atoms with Crippen molar-refractivity contribution < 1.29 is 5.11 Å². The number of aliphatic hydroxyl groups is 1. The van der Waals surface area contributed by atoms with E-state index in [0.29, 0.717) is 5.92 Å². The lowest BCUT2D eigenvalue weighted by atomic mass is 10.0. The van der Waals surface area contributed by atoms with Gasteiger partial charge in [0.1, 0.15) is 10.8 Å². The first-order valence-electron chi connectivity index (χ1n) is 9.40. The lowest BCUT2D eigenvalue weighted by molar-refractivity contribution is 0.147. The van der Waals surface area contributed by atoms with Crippen LogP contribution in [-0.4, -0.2) is 22.7 Å². The molecule has 5 heteroatoms. The minimum atomic E-state index is -0.120. The van der Waals surface area contributed by atoms with E-state index >= 15 is 0 Å². The Bertz CT molecular complexity index is 352. The van der Waals surface area contributed by atoms with Crippen molar-refractivity contribution in [3.8, 4) is 10.8 Å². The van der Waals surface area contributed by atoms with Crippen molar-refractivity contribution in [3.63, 3.8) is 0 Å². The Labute approximate surface area is 157 Å². The average Bonchev–Trinajstić information content (AvgIpc) is 2.58. The summed E-state index contributed by atoms with van der Waals surface area (Å²) in [5, 5.41) is 31.2. The summed E-state index contributed by atoms with van der Waals surface area (Å²) < 4.78 is 0. The van der Waals surface area contributed by atoms with Crippen LogP contribution in [0.1, 0.15) is 84.0 Å². The summed E-state index contributed by atoms with van der Waals surface area (Å²) in [5.74, 6) is 2.54. The topological polar surface area (TPSA) is 67.8 Å². The predicted molar refractivity (Wildman–Crippen MR) is 107 cm³/mol. The van der Waals surface area contributed by atoms with Crippen molar-refractivity contribution in [2.75, 3.05) is 11.5 Å². The van der Waals surface area contributed by atoms with Gasteiger partial charge in [-0.1, -0.05) is 58.3 Å². The van der Waals surface area contributed by atoms with Gasteiger partial charge in [0.2, 0.25) is 0 Å². The molecule has 0 aliphatic rings. The Morgan fingerprint density at radius 2 is 1.25 bits per heavy atom. The first-order chi connectivity index (χ1) is 11.7. The van der Waals surface area contributed by atoms with Gasteiger partial charge in [-0.3, -0.25) is 0 Å². The summed E-state index contributed by atoms with van der Waals surface area (Å²) in [5.41, 5.74) is 0. The molecule has 0 fully saturated rings. The van der Waals surface area contributed by atoms with E-state index in [0.717, 1.165) is 43.6 Å². The van der Waals surface area contributed by atoms with Gasteiger partial charge < -0.3 is 5.11 Å². The fourth-order valence-corrected chi connectivity index (χ4v) is 3.73. The van der Waals surface area contributed by atoms with Crippen molar-refractivity contribution in [2.24, 2.45) is 5.92 Å². The molecular weight excluding hydrogens is 336 g/mol. The molecule has 0 heterocycles. The maximum Gasteiger partial charge on any atom is 0.133 e. The third kappa shape index (κ3) is 18.0. The highest BCUT2D eigenvalue weighted by Gasteiger charge is 2.05. The average molecular weight is 371 g/mol. The second-order valence-corrected chi connectivity index (χ2v) is 8.33. The molecule has 0 aliphatic heterocycles. The minimum absolute atomic E-state index is 0.120. The first-order valence-corrected chi connectivity index (χ1v) is 11.4. The molecule has 0 amide bonds. The van der Waals surface area contributed by atoms with Crippen molar-refractivity contribution in [1.82, 2.24) is 0 Å². The zero-order chi connectivity index (χ0) is 17.9. The fourth-order valence-electron chi connectivity index (χ4n) is 2.76. The third-order valence-electron chi connectivity index (χ3n) is 4.26. The quantitative estimate of drug-likeness (QED) is 0.248. The first kappa shape index (κ1) is 23.6. The van der Waals surface area contributed by atoms with Gasteiger partial charge in [0.25, 0.3) is 0 Å². The molecule has 2 unspecified atom stereocenters. The van der Waals surface area contributed by atoms with E-state index < -0.39 is 0 Å². The van der Waals surface area contributed by atoms with Crippen LogP contribution in [0.5, 0.6) is 0 Å². The Kier molecular flexibility index (Phi) is 18.7. The summed E-state index contributed by atoms with van der Waals surface area (Å²) in [6.07, 6.45) is 13.7. The summed E-state index contributed by atoms with van der Waals surface area (Å²) in [6.45, 7) is 2.22. The van der Waals surface area contributed by atoms with Crippen LogP contribution in [0.3, 0.4) is 0 Å². The Morgan fingerprint density at radius 1 is 0.750 bits per heavy atom. The molecule has 0 spiro atoms. The van der Waals surface area contributed by atoms with E-state index in [1.165, 1.54) is 68.5 Å². The van der Waals surface area contributed by atoms with E-state index in [2.05, 4.69) is 17.7 Å². The van der Waals surface area contributed by atoms with Crippen LogP contribution < -0.4 is 0 Å². The highest BCUT2D eigenvalue weighted by Crippen LogP contribution is 2.17. The highest BCUT2D eigenvalue weighted by molar-refractivity contribution is 8.03. The van der Waals surface area contributed by atoms with Gasteiger partial charge >= 0.3 is 0 Å². The number of aliphatic hydroxyl groups excluding tert-OH is 1. The van der Waals surface area contributed by atoms with Gasteiger partial charge in [0, 0.05) is 11.5 Å². The van der Waals surface area contributed by atoms with Gasteiger partial charge in [-0.25, -0.2) is 0 Å². The van der Waals surface area contributed by atoms with Gasteiger partial charge in [0.15, 0.2) is 0 Å². The molecule has 3 nitrogen and oxygen atoms in total. The number of rotatable bonds is 17. The van der Waals surface area contributed by atoms with Crippen LogP contribution in [0, 0.1) is 27.2 Å². The van der Waals surface area contributed by atoms with Crippen LogP contribution in [0.4, 0.5) is 0 Å². The second kappa shape index (κ2) is 19.0. The third-order valence-corrected chi connectivity index (χ3v) is 5.75. The number of hydrogen-bond donors (Lipinski definition) is 1.